The second kappa shape index (κ2) is 11.8. The topological polar surface area (TPSA) is 133 Å². The first-order valence-electron chi connectivity index (χ1n) is 11.6. The van der Waals surface area contributed by atoms with Crippen LogP contribution in [-0.4, -0.2) is 69.5 Å². The third-order valence-corrected chi connectivity index (χ3v) is 5.60. The van der Waals surface area contributed by atoms with E-state index in [0.29, 0.717) is 17.3 Å². The predicted octanol–water partition coefficient (Wildman–Crippen LogP) is 3.06. The molecule has 0 aliphatic carbocycles. The highest BCUT2D eigenvalue weighted by atomic mass is 35.5. The summed E-state index contributed by atoms with van der Waals surface area (Å²) in [6, 6.07) is 1.87. The number of aromatic nitrogens is 3. The number of carbonyl (C=O) groups excluding carboxylic acids is 1. The lowest BCUT2D eigenvalue weighted by Crippen LogP contribution is -2.42. The molecular formula is C23H33ClFN7O3. The summed E-state index contributed by atoms with van der Waals surface area (Å²) in [5.74, 6) is 0.186. The van der Waals surface area contributed by atoms with Gasteiger partial charge in [-0.05, 0) is 53.6 Å². The maximum Gasteiger partial charge on any atom is 0.318 e. The van der Waals surface area contributed by atoms with Gasteiger partial charge in [-0.3, -0.25) is 4.79 Å². The van der Waals surface area contributed by atoms with Crippen molar-refractivity contribution in [1.29, 1.82) is 0 Å². The number of piperidine rings is 1. The molecule has 3 rings (SSSR count). The molecule has 0 unspecified atom stereocenters. The van der Waals surface area contributed by atoms with E-state index in [4.69, 9.17) is 16.3 Å². The van der Waals surface area contributed by atoms with Crippen LogP contribution in [0.15, 0.2) is 18.5 Å². The molecule has 0 aromatic carbocycles. The van der Waals surface area contributed by atoms with Crippen LogP contribution in [0, 0.1) is 0 Å². The van der Waals surface area contributed by atoms with Crippen LogP contribution in [0.3, 0.4) is 0 Å². The van der Waals surface area contributed by atoms with Crippen LogP contribution in [0.4, 0.5) is 21.7 Å². The molecule has 0 radical (unpaired) electrons. The van der Waals surface area contributed by atoms with Gasteiger partial charge in [0.05, 0.1) is 29.6 Å². The summed E-state index contributed by atoms with van der Waals surface area (Å²) in [6.45, 7) is 7.96. The van der Waals surface area contributed by atoms with Crippen LogP contribution in [-0.2, 0) is 0 Å². The number of rotatable bonds is 10. The molecule has 0 bridgehead atoms. The molecule has 2 aromatic heterocycles. The predicted molar refractivity (Wildman–Crippen MR) is 133 cm³/mol. The Morgan fingerprint density at radius 2 is 2.03 bits per heavy atom. The fourth-order valence-corrected chi connectivity index (χ4v) is 3.48. The smallest absolute Gasteiger partial charge is 0.318 e. The van der Waals surface area contributed by atoms with Crippen molar-refractivity contribution in [2.24, 2.45) is 0 Å². The number of ether oxygens (including phenoxy) is 1. The second-order valence-electron chi connectivity index (χ2n) is 9.29. The second-order valence-corrected chi connectivity index (χ2v) is 9.69. The molecule has 1 fully saturated rings. The van der Waals surface area contributed by atoms with Gasteiger partial charge in [0, 0.05) is 18.3 Å². The molecule has 1 aliphatic heterocycles. The Balaban J connectivity index is 1.76. The molecule has 10 nitrogen and oxygen atoms in total. The van der Waals surface area contributed by atoms with Crippen LogP contribution in [0.5, 0.6) is 6.01 Å². The Morgan fingerprint density at radius 3 is 2.69 bits per heavy atom. The summed E-state index contributed by atoms with van der Waals surface area (Å²) in [7, 11) is 0. The summed E-state index contributed by atoms with van der Waals surface area (Å²) in [5, 5.41) is 22.1. The number of anilines is 3. The quantitative estimate of drug-likeness (QED) is 0.327. The number of aliphatic hydroxyl groups is 1. The molecule has 1 aliphatic rings. The standard InChI is InChI=1S/C23H33ClFN7O3/c1-13(2)30-17-9-19(27-10-15(17)21(33)28-12-18(25)23(3,4)34)31-20-16(24)11-29-22(32-20)35-14-5-7-26-8-6-14/h9-11,13-14,18,26,34H,5-8,12H2,1-4H3,(H,28,33)(H2,27,29,30,31,32)/t18-/m1/s1. The number of carbonyl (C=O) groups is 1. The number of hydrogen-bond donors (Lipinski definition) is 5. The van der Waals surface area contributed by atoms with Crippen LogP contribution in [0.1, 0.15) is 50.9 Å². The molecule has 0 spiro atoms. The highest BCUT2D eigenvalue weighted by molar-refractivity contribution is 6.32. The van der Waals surface area contributed by atoms with Crippen LogP contribution < -0.4 is 26.0 Å². The van der Waals surface area contributed by atoms with Gasteiger partial charge >= 0.3 is 6.01 Å². The summed E-state index contributed by atoms with van der Waals surface area (Å²) in [5.41, 5.74) is -0.841. The van der Waals surface area contributed by atoms with Gasteiger partial charge in [0.1, 0.15) is 23.1 Å². The normalized spacial score (nSPS) is 15.5. The highest BCUT2D eigenvalue weighted by Gasteiger charge is 2.27. The Morgan fingerprint density at radius 1 is 1.31 bits per heavy atom. The minimum Gasteiger partial charge on any atom is -0.460 e. The maximum atomic E-state index is 14.1. The number of amides is 1. The zero-order valence-electron chi connectivity index (χ0n) is 20.4. The largest absolute Gasteiger partial charge is 0.460 e. The van der Waals surface area contributed by atoms with E-state index < -0.39 is 17.7 Å². The first-order valence-corrected chi connectivity index (χ1v) is 12.0. The lowest BCUT2D eigenvalue weighted by molar-refractivity contribution is -0.00177. The SMILES string of the molecule is CC(C)Nc1cc(Nc2nc(OC3CCNCC3)ncc2Cl)ncc1C(=O)NC[C@@H](F)C(C)(C)O. The van der Waals surface area contributed by atoms with Crippen molar-refractivity contribution >= 4 is 34.8 Å². The average Bonchev–Trinajstić information content (AvgIpc) is 2.79. The van der Waals surface area contributed by atoms with E-state index in [0.717, 1.165) is 25.9 Å². The first-order chi connectivity index (χ1) is 16.5. The molecular weight excluding hydrogens is 477 g/mol. The fourth-order valence-electron chi connectivity index (χ4n) is 3.34. The van der Waals surface area contributed by atoms with Crippen molar-refractivity contribution in [1.82, 2.24) is 25.6 Å². The number of nitrogens with one attached hydrogen (secondary N) is 4. The van der Waals surface area contributed by atoms with E-state index in [1.165, 1.54) is 26.2 Å². The summed E-state index contributed by atoms with van der Waals surface area (Å²) >= 11 is 6.29. The monoisotopic (exact) mass is 509 g/mol. The van der Waals surface area contributed by atoms with E-state index in [1.807, 2.05) is 13.8 Å². The number of halogens is 2. The van der Waals surface area contributed by atoms with Crippen molar-refractivity contribution in [3.63, 3.8) is 0 Å². The van der Waals surface area contributed by atoms with Gasteiger partial charge in [0.25, 0.3) is 5.91 Å². The zero-order valence-corrected chi connectivity index (χ0v) is 21.1. The van der Waals surface area contributed by atoms with Crippen molar-refractivity contribution in [3.05, 3.63) is 29.0 Å². The third kappa shape index (κ3) is 7.87. The number of hydrogen-bond acceptors (Lipinski definition) is 9. The molecule has 35 heavy (non-hydrogen) atoms. The van der Waals surface area contributed by atoms with Crippen LogP contribution >= 0.6 is 11.6 Å². The van der Waals surface area contributed by atoms with Gasteiger partial charge in [-0.25, -0.2) is 14.4 Å². The summed E-state index contributed by atoms with van der Waals surface area (Å²) in [6.07, 6.45) is 2.97. The van der Waals surface area contributed by atoms with E-state index in [-0.39, 0.29) is 35.3 Å². The minimum absolute atomic E-state index is 0.00900. The van der Waals surface area contributed by atoms with E-state index in [9.17, 15) is 14.3 Å². The third-order valence-electron chi connectivity index (χ3n) is 5.33. The Bertz CT molecular complexity index is 1010. The van der Waals surface area contributed by atoms with Crippen molar-refractivity contribution in [3.8, 4) is 6.01 Å². The maximum absolute atomic E-state index is 14.1. The Hall–Kier alpha value is -2.76. The van der Waals surface area contributed by atoms with Gasteiger partial charge in [-0.15, -0.1) is 0 Å². The molecule has 1 amide bonds. The molecule has 1 atom stereocenters. The first kappa shape index (κ1) is 26.8. The Labute approximate surface area is 209 Å². The number of pyridine rings is 1. The summed E-state index contributed by atoms with van der Waals surface area (Å²) < 4.78 is 20.0. The lowest BCUT2D eigenvalue weighted by Gasteiger charge is -2.23. The fraction of sp³-hybridized carbons (Fsp3) is 0.565. The molecule has 3 heterocycles. The molecule has 5 N–H and O–H groups in total. The zero-order chi connectivity index (χ0) is 25.6. The minimum atomic E-state index is -1.62. The van der Waals surface area contributed by atoms with E-state index in [2.05, 4.69) is 36.2 Å². The van der Waals surface area contributed by atoms with Crippen LogP contribution in [0.2, 0.25) is 5.02 Å². The van der Waals surface area contributed by atoms with E-state index in [1.54, 1.807) is 6.07 Å². The van der Waals surface area contributed by atoms with Gasteiger partial charge < -0.3 is 31.1 Å². The van der Waals surface area contributed by atoms with Gasteiger partial charge in [0.15, 0.2) is 5.82 Å². The molecule has 192 valence electrons. The van der Waals surface area contributed by atoms with Crippen molar-refractivity contribution in [2.75, 3.05) is 30.3 Å². The Kier molecular flexibility index (Phi) is 9.03. The highest BCUT2D eigenvalue weighted by Crippen LogP contribution is 2.27. The number of alkyl halides is 1. The van der Waals surface area contributed by atoms with Crippen LogP contribution in [0.25, 0.3) is 0 Å². The molecule has 2 aromatic rings. The van der Waals surface area contributed by atoms with Gasteiger partial charge in [0.2, 0.25) is 0 Å². The summed E-state index contributed by atoms with van der Waals surface area (Å²) in [4.78, 5) is 25.6. The van der Waals surface area contributed by atoms with E-state index >= 15 is 0 Å². The van der Waals surface area contributed by atoms with Gasteiger partial charge in [-0.2, -0.15) is 4.98 Å². The average molecular weight is 510 g/mol. The van der Waals surface area contributed by atoms with Crippen molar-refractivity contribution in [2.45, 2.75) is 64.5 Å². The lowest BCUT2D eigenvalue weighted by atomic mass is 10.0. The molecule has 1 saturated heterocycles. The molecule has 12 heteroatoms. The molecule has 0 saturated carbocycles. The van der Waals surface area contributed by atoms with Gasteiger partial charge in [-0.1, -0.05) is 11.6 Å². The number of nitrogens with zero attached hydrogens (tertiary/aromatic N) is 3. The van der Waals surface area contributed by atoms with Crippen molar-refractivity contribution < 1.29 is 19.0 Å².